The average Bonchev–Trinajstić information content (AvgIpc) is 2.99. The Balaban J connectivity index is 2.06. The quantitative estimate of drug-likeness (QED) is 0.803. The van der Waals surface area contributed by atoms with E-state index in [-0.39, 0.29) is 5.25 Å². The van der Waals surface area contributed by atoms with Gasteiger partial charge in [0.1, 0.15) is 0 Å². The van der Waals surface area contributed by atoms with Gasteiger partial charge in [0.25, 0.3) is 0 Å². The van der Waals surface area contributed by atoms with Gasteiger partial charge in [-0.15, -0.1) is 10.2 Å². The van der Waals surface area contributed by atoms with Crippen LogP contribution in [0.2, 0.25) is 0 Å². The van der Waals surface area contributed by atoms with Gasteiger partial charge in [-0.05, 0) is 25.5 Å². The smallest absolute Gasteiger partial charge is 0.232 e. The molecule has 1 aromatic carbocycles. The van der Waals surface area contributed by atoms with Gasteiger partial charge in [-0.25, -0.2) is 0 Å². The van der Waals surface area contributed by atoms with Crippen molar-refractivity contribution >= 4 is 17.7 Å². The molecule has 0 spiro atoms. The lowest BCUT2D eigenvalue weighted by atomic mass is 10.2. The molecule has 2 heterocycles. The van der Waals surface area contributed by atoms with Crippen LogP contribution in [0, 0.1) is 18.3 Å². The maximum atomic E-state index is 9.11. The Labute approximate surface area is 140 Å². The lowest BCUT2D eigenvalue weighted by Gasteiger charge is -2.28. The van der Waals surface area contributed by atoms with E-state index >= 15 is 0 Å². The molecule has 120 valence electrons. The summed E-state index contributed by atoms with van der Waals surface area (Å²) in [5, 5.41) is 18.4. The second-order valence-electron chi connectivity index (χ2n) is 5.39. The number of ether oxygens (including phenoxy) is 1. The molecule has 1 aromatic heterocycles. The number of aryl methyl sites for hydroxylation is 1. The third-order valence-corrected chi connectivity index (χ3v) is 4.66. The zero-order chi connectivity index (χ0) is 16.2. The number of hydrogen-bond donors (Lipinski definition) is 0. The molecule has 0 saturated carbocycles. The number of morpholine rings is 1. The van der Waals surface area contributed by atoms with Crippen LogP contribution in [0.4, 0.5) is 5.95 Å². The van der Waals surface area contributed by atoms with Crippen molar-refractivity contribution in [1.82, 2.24) is 14.8 Å². The number of nitriles is 1. The molecule has 0 N–H and O–H groups in total. The fourth-order valence-electron chi connectivity index (χ4n) is 2.52. The maximum absolute atomic E-state index is 9.11. The second kappa shape index (κ2) is 7.02. The molecule has 2 aromatic rings. The number of rotatable bonds is 4. The molecule has 1 aliphatic rings. The van der Waals surface area contributed by atoms with Crippen molar-refractivity contribution in [3.8, 4) is 11.8 Å². The molecule has 7 heteroatoms. The van der Waals surface area contributed by atoms with E-state index in [9.17, 15) is 0 Å². The molecule has 0 bridgehead atoms. The Morgan fingerprint density at radius 3 is 2.70 bits per heavy atom. The summed E-state index contributed by atoms with van der Waals surface area (Å²) >= 11 is 1.43. The van der Waals surface area contributed by atoms with Crippen molar-refractivity contribution < 1.29 is 4.74 Å². The first-order valence-corrected chi connectivity index (χ1v) is 8.49. The number of aromatic nitrogens is 3. The largest absolute Gasteiger partial charge is 0.378 e. The summed E-state index contributed by atoms with van der Waals surface area (Å²) in [7, 11) is 0. The van der Waals surface area contributed by atoms with E-state index < -0.39 is 0 Å². The summed E-state index contributed by atoms with van der Waals surface area (Å²) in [5.41, 5.74) is 2.19. The van der Waals surface area contributed by atoms with Gasteiger partial charge < -0.3 is 9.64 Å². The van der Waals surface area contributed by atoms with E-state index in [0.29, 0.717) is 13.2 Å². The first-order chi connectivity index (χ1) is 11.2. The minimum absolute atomic E-state index is 0.181. The zero-order valence-corrected chi connectivity index (χ0v) is 14.1. The number of nitrogens with zero attached hydrogens (tertiary/aromatic N) is 5. The molecule has 0 aliphatic carbocycles. The van der Waals surface area contributed by atoms with Gasteiger partial charge in [0.2, 0.25) is 5.95 Å². The Kier molecular flexibility index (Phi) is 4.84. The summed E-state index contributed by atoms with van der Waals surface area (Å²) in [5.74, 6) is 0.815. The van der Waals surface area contributed by atoms with Gasteiger partial charge in [-0.2, -0.15) is 5.26 Å². The Bertz CT molecular complexity index is 718. The fraction of sp³-hybridized carbons (Fsp3) is 0.438. The summed E-state index contributed by atoms with van der Waals surface area (Å²) < 4.78 is 7.49. The van der Waals surface area contributed by atoms with Gasteiger partial charge in [0.15, 0.2) is 5.16 Å². The van der Waals surface area contributed by atoms with E-state index in [1.165, 1.54) is 11.8 Å². The molecule has 23 heavy (non-hydrogen) atoms. The molecule has 1 unspecified atom stereocenters. The van der Waals surface area contributed by atoms with Crippen LogP contribution >= 0.6 is 11.8 Å². The molecule has 6 nitrogen and oxygen atoms in total. The van der Waals surface area contributed by atoms with Crippen molar-refractivity contribution in [3.63, 3.8) is 0 Å². The van der Waals surface area contributed by atoms with Gasteiger partial charge in [0.05, 0.1) is 30.2 Å². The topological polar surface area (TPSA) is 67.0 Å². The number of thioether (sulfide) groups is 1. The second-order valence-corrected chi connectivity index (χ2v) is 6.70. The lowest BCUT2D eigenvalue weighted by molar-refractivity contribution is 0.122. The molecule has 1 saturated heterocycles. The third kappa shape index (κ3) is 3.33. The number of hydrogen-bond acceptors (Lipinski definition) is 6. The number of anilines is 1. The van der Waals surface area contributed by atoms with E-state index in [1.54, 1.807) is 0 Å². The van der Waals surface area contributed by atoms with Crippen molar-refractivity contribution in [2.45, 2.75) is 24.3 Å². The highest BCUT2D eigenvalue weighted by Crippen LogP contribution is 2.30. The molecule has 0 amide bonds. The molecular weight excluding hydrogens is 310 g/mol. The fourth-order valence-corrected chi connectivity index (χ4v) is 3.26. The van der Waals surface area contributed by atoms with Gasteiger partial charge in [-0.1, -0.05) is 30.0 Å². The molecule has 3 rings (SSSR count). The molecule has 0 radical (unpaired) electrons. The number of benzene rings is 1. The predicted molar refractivity (Wildman–Crippen MR) is 90.1 cm³/mol. The highest BCUT2D eigenvalue weighted by molar-refractivity contribution is 8.00. The van der Waals surface area contributed by atoms with E-state index in [2.05, 4.69) is 44.8 Å². The van der Waals surface area contributed by atoms with Crippen molar-refractivity contribution in [2.24, 2.45) is 0 Å². The van der Waals surface area contributed by atoms with E-state index in [0.717, 1.165) is 35.4 Å². The summed E-state index contributed by atoms with van der Waals surface area (Å²) in [4.78, 5) is 2.18. The van der Waals surface area contributed by atoms with Crippen LogP contribution in [0.1, 0.15) is 12.5 Å². The van der Waals surface area contributed by atoms with Crippen molar-refractivity contribution in [3.05, 3.63) is 29.8 Å². The van der Waals surface area contributed by atoms with Crippen LogP contribution in [0.15, 0.2) is 29.4 Å². The van der Waals surface area contributed by atoms with Gasteiger partial charge in [-0.3, -0.25) is 4.57 Å². The third-order valence-electron chi connectivity index (χ3n) is 3.73. The monoisotopic (exact) mass is 329 g/mol. The van der Waals surface area contributed by atoms with Crippen LogP contribution in [-0.2, 0) is 4.74 Å². The van der Waals surface area contributed by atoms with E-state index in [1.807, 2.05) is 19.1 Å². The molecular formula is C16H19N5OS. The highest BCUT2D eigenvalue weighted by atomic mass is 32.2. The van der Waals surface area contributed by atoms with Crippen LogP contribution in [0.5, 0.6) is 0 Å². The Morgan fingerprint density at radius 1 is 1.26 bits per heavy atom. The van der Waals surface area contributed by atoms with Crippen LogP contribution in [0.25, 0.3) is 5.69 Å². The minimum atomic E-state index is -0.181. The normalized spacial score (nSPS) is 16.1. The van der Waals surface area contributed by atoms with Crippen LogP contribution < -0.4 is 4.90 Å². The highest BCUT2D eigenvalue weighted by Gasteiger charge is 2.23. The van der Waals surface area contributed by atoms with Crippen molar-refractivity contribution in [1.29, 1.82) is 5.26 Å². The number of para-hydroxylation sites is 1. The summed E-state index contributed by atoms with van der Waals surface area (Å²) in [6.07, 6.45) is 0. The Morgan fingerprint density at radius 2 is 2.00 bits per heavy atom. The average molecular weight is 329 g/mol. The first kappa shape index (κ1) is 15.8. The molecule has 1 atom stereocenters. The zero-order valence-electron chi connectivity index (χ0n) is 13.3. The van der Waals surface area contributed by atoms with Crippen LogP contribution in [-0.4, -0.2) is 46.3 Å². The molecule has 1 aliphatic heterocycles. The van der Waals surface area contributed by atoms with Gasteiger partial charge >= 0.3 is 0 Å². The lowest BCUT2D eigenvalue weighted by Crippen LogP contribution is -2.38. The SMILES string of the molecule is Cc1ccccc1-n1c(SC(C)C#N)nnc1N1CCOCC1. The first-order valence-electron chi connectivity index (χ1n) is 7.61. The standard InChI is InChI=1S/C16H19N5OS/c1-12-5-3-4-6-14(12)21-15(20-7-9-22-10-8-20)18-19-16(21)23-13(2)11-17/h3-6,13H,7-10H2,1-2H3. The maximum Gasteiger partial charge on any atom is 0.232 e. The van der Waals surface area contributed by atoms with Crippen LogP contribution in [0.3, 0.4) is 0 Å². The van der Waals surface area contributed by atoms with Gasteiger partial charge in [0, 0.05) is 13.1 Å². The minimum Gasteiger partial charge on any atom is -0.378 e. The Hall–Kier alpha value is -2.04. The van der Waals surface area contributed by atoms with E-state index in [4.69, 9.17) is 10.00 Å². The summed E-state index contributed by atoms with van der Waals surface area (Å²) in [6.45, 7) is 6.91. The summed E-state index contributed by atoms with van der Waals surface area (Å²) in [6, 6.07) is 10.4. The molecule has 1 fully saturated rings. The van der Waals surface area contributed by atoms with Crippen molar-refractivity contribution in [2.75, 3.05) is 31.2 Å². The predicted octanol–water partition coefficient (Wildman–Crippen LogP) is 2.42.